The van der Waals surface area contributed by atoms with Crippen LogP contribution in [-0.2, 0) is 6.42 Å². The number of H-pyrrole nitrogens is 1. The van der Waals surface area contributed by atoms with E-state index in [2.05, 4.69) is 10.1 Å². The second-order valence-corrected chi connectivity index (χ2v) is 4.57. The van der Waals surface area contributed by atoms with Crippen LogP contribution in [0.4, 0.5) is 0 Å². The molecule has 2 heterocycles. The van der Waals surface area contributed by atoms with Gasteiger partial charge in [-0.1, -0.05) is 12.1 Å². The average molecular weight is 279 g/mol. The van der Waals surface area contributed by atoms with Crippen LogP contribution in [0.15, 0.2) is 35.3 Å². The van der Waals surface area contributed by atoms with Gasteiger partial charge in [-0.2, -0.15) is 0 Å². The first-order valence-corrected chi connectivity index (χ1v) is 5.90. The fraction of sp³-hybridized carbons (Fsp3) is 0.231. The van der Waals surface area contributed by atoms with Crippen molar-refractivity contribution >= 4 is 29.0 Å². The summed E-state index contributed by atoms with van der Waals surface area (Å²) in [6, 6.07) is 7.38. The number of rotatable bonds is 2. The van der Waals surface area contributed by atoms with Crippen LogP contribution in [0.25, 0.3) is 16.6 Å². The minimum Gasteiger partial charge on any atom is -0.328 e. The van der Waals surface area contributed by atoms with Gasteiger partial charge in [0, 0.05) is 17.8 Å². The van der Waals surface area contributed by atoms with Crippen LogP contribution in [0.1, 0.15) is 12.5 Å². The van der Waals surface area contributed by atoms with E-state index in [1.54, 1.807) is 12.3 Å². The Morgan fingerprint density at radius 2 is 2.16 bits per heavy atom. The van der Waals surface area contributed by atoms with Crippen molar-refractivity contribution < 1.29 is 0 Å². The van der Waals surface area contributed by atoms with E-state index in [9.17, 15) is 4.79 Å². The van der Waals surface area contributed by atoms with Gasteiger partial charge in [0.1, 0.15) is 0 Å². The standard InChI is InChI=1S/C13H14N4O.ClH/c1-8(14)6-9-7-15-17-12(9)16-11-5-3-2-4-10(11)13(17)18;/h2-5,7-8,15H,6,14H2,1H3;1H. The third kappa shape index (κ3) is 2.22. The number of para-hydroxylation sites is 1. The van der Waals surface area contributed by atoms with Crippen LogP contribution >= 0.6 is 12.4 Å². The van der Waals surface area contributed by atoms with E-state index in [1.165, 1.54) is 4.52 Å². The minimum atomic E-state index is -0.0773. The number of aromatic amines is 1. The van der Waals surface area contributed by atoms with E-state index in [0.29, 0.717) is 23.0 Å². The quantitative estimate of drug-likeness (QED) is 0.746. The molecule has 3 rings (SSSR count). The lowest BCUT2D eigenvalue weighted by molar-refractivity contribution is 0.740. The molecule has 5 nitrogen and oxygen atoms in total. The normalized spacial score (nSPS) is 12.5. The monoisotopic (exact) mass is 278 g/mol. The summed E-state index contributed by atoms with van der Waals surface area (Å²) in [4.78, 5) is 16.8. The van der Waals surface area contributed by atoms with Gasteiger partial charge >= 0.3 is 0 Å². The number of nitrogens with two attached hydrogens (primary N) is 1. The zero-order valence-corrected chi connectivity index (χ0v) is 11.3. The molecule has 3 aromatic rings. The van der Waals surface area contributed by atoms with Crippen LogP contribution < -0.4 is 11.3 Å². The molecule has 0 aliphatic heterocycles. The molecule has 0 aliphatic rings. The van der Waals surface area contributed by atoms with Crippen molar-refractivity contribution in [3.8, 4) is 0 Å². The van der Waals surface area contributed by atoms with Gasteiger partial charge in [0.25, 0.3) is 5.56 Å². The van der Waals surface area contributed by atoms with E-state index in [-0.39, 0.29) is 24.0 Å². The van der Waals surface area contributed by atoms with Crippen molar-refractivity contribution in [2.24, 2.45) is 5.73 Å². The van der Waals surface area contributed by atoms with Crippen LogP contribution in [0.5, 0.6) is 0 Å². The molecule has 0 spiro atoms. The van der Waals surface area contributed by atoms with Crippen molar-refractivity contribution in [3.63, 3.8) is 0 Å². The summed E-state index contributed by atoms with van der Waals surface area (Å²) in [5, 5.41) is 3.56. The molecule has 0 bridgehead atoms. The zero-order chi connectivity index (χ0) is 12.7. The molecule has 1 atom stereocenters. The van der Waals surface area contributed by atoms with E-state index in [0.717, 1.165) is 5.56 Å². The molecule has 0 saturated heterocycles. The predicted molar refractivity (Wildman–Crippen MR) is 77.9 cm³/mol. The second kappa shape index (κ2) is 5.03. The molecule has 0 aliphatic carbocycles. The number of nitrogens with one attached hydrogen (secondary N) is 1. The van der Waals surface area contributed by atoms with Crippen LogP contribution in [0.3, 0.4) is 0 Å². The number of hydrogen-bond acceptors (Lipinski definition) is 3. The summed E-state index contributed by atoms with van der Waals surface area (Å²) < 4.78 is 1.47. The summed E-state index contributed by atoms with van der Waals surface area (Å²) in [5.74, 6) is 0. The molecule has 19 heavy (non-hydrogen) atoms. The first-order chi connectivity index (χ1) is 8.66. The Labute approximate surface area is 115 Å². The van der Waals surface area contributed by atoms with Crippen LogP contribution in [0, 0.1) is 0 Å². The lowest BCUT2D eigenvalue weighted by Crippen LogP contribution is -2.19. The van der Waals surface area contributed by atoms with Crippen LogP contribution in [0.2, 0.25) is 0 Å². The molecule has 2 aromatic heterocycles. The molecule has 0 saturated carbocycles. The van der Waals surface area contributed by atoms with E-state index in [4.69, 9.17) is 5.73 Å². The molecule has 0 amide bonds. The maximum absolute atomic E-state index is 12.2. The third-order valence-electron chi connectivity index (χ3n) is 2.97. The Morgan fingerprint density at radius 3 is 2.89 bits per heavy atom. The first kappa shape index (κ1) is 13.6. The number of aromatic nitrogens is 3. The van der Waals surface area contributed by atoms with E-state index >= 15 is 0 Å². The smallest absolute Gasteiger partial charge is 0.280 e. The molecular weight excluding hydrogens is 264 g/mol. The number of nitrogens with zero attached hydrogens (tertiary/aromatic N) is 2. The van der Waals surface area contributed by atoms with Crippen molar-refractivity contribution in [2.75, 3.05) is 0 Å². The van der Waals surface area contributed by atoms with Gasteiger partial charge in [-0.3, -0.25) is 9.89 Å². The number of halogens is 1. The van der Waals surface area contributed by atoms with Gasteiger partial charge in [-0.05, 0) is 25.5 Å². The lowest BCUT2D eigenvalue weighted by atomic mass is 10.1. The van der Waals surface area contributed by atoms with E-state index < -0.39 is 0 Å². The fourth-order valence-electron chi connectivity index (χ4n) is 2.17. The topological polar surface area (TPSA) is 76.2 Å². The second-order valence-electron chi connectivity index (χ2n) is 4.57. The Bertz CT molecular complexity index is 775. The van der Waals surface area contributed by atoms with Crippen molar-refractivity contribution in [1.29, 1.82) is 0 Å². The average Bonchev–Trinajstić information content (AvgIpc) is 2.73. The van der Waals surface area contributed by atoms with Gasteiger partial charge in [0.15, 0.2) is 5.65 Å². The highest BCUT2D eigenvalue weighted by atomic mass is 35.5. The third-order valence-corrected chi connectivity index (χ3v) is 2.97. The Hall–Kier alpha value is -1.85. The maximum Gasteiger partial charge on any atom is 0.280 e. The minimum absolute atomic E-state index is 0. The predicted octanol–water partition coefficient (Wildman–Crippen LogP) is 1.49. The summed E-state index contributed by atoms with van der Waals surface area (Å²) in [6.45, 7) is 1.93. The Morgan fingerprint density at radius 1 is 1.42 bits per heavy atom. The van der Waals surface area contributed by atoms with Gasteiger partial charge in [0.2, 0.25) is 0 Å². The fourth-order valence-corrected chi connectivity index (χ4v) is 2.17. The summed E-state index contributed by atoms with van der Waals surface area (Å²) in [7, 11) is 0. The van der Waals surface area contributed by atoms with Gasteiger partial charge < -0.3 is 5.73 Å². The molecule has 3 N–H and O–H groups in total. The molecule has 100 valence electrons. The summed E-state index contributed by atoms with van der Waals surface area (Å²) in [5.41, 5.74) is 8.06. The largest absolute Gasteiger partial charge is 0.328 e. The van der Waals surface area contributed by atoms with Crippen LogP contribution in [-0.4, -0.2) is 20.6 Å². The number of hydrogen-bond donors (Lipinski definition) is 2. The van der Waals surface area contributed by atoms with Gasteiger partial charge in [-0.15, -0.1) is 12.4 Å². The molecule has 0 radical (unpaired) electrons. The maximum atomic E-state index is 12.2. The van der Waals surface area contributed by atoms with Crippen molar-refractivity contribution in [2.45, 2.75) is 19.4 Å². The number of benzene rings is 1. The van der Waals surface area contributed by atoms with Crippen molar-refractivity contribution in [3.05, 3.63) is 46.4 Å². The molecular formula is C13H15ClN4O. The molecule has 1 unspecified atom stereocenters. The highest BCUT2D eigenvalue weighted by molar-refractivity contribution is 5.85. The molecule has 1 aromatic carbocycles. The van der Waals surface area contributed by atoms with Gasteiger partial charge in [-0.25, -0.2) is 9.50 Å². The molecule has 6 heteroatoms. The van der Waals surface area contributed by atoms with Crippen molar-refractivity contribution in [1.82, 2.24) is 14.6 Å². The van der Waals surface area contributed by atoms with Gasteiger partial charge in [0.05, 0.1) is 10.9 Å². The summed E-state index contributed by atoms with van der Waals surface area (Å²) >= 11 is 0. The zero-order valence-electron chi connectivity index (χ0n) is 10.5. The molecule has 0 fully saturated rings. The lowest BCUT2D eigenvalue weighted by Gasteiger charge is -2.03. The highest BCUT2D eigenvalue weighted by Crippen LogP contribution is 2.13. The number of fused-ring (bicyclic) bond motifs is 2. The summed E-state index contributed by atoms with van der Waals surface area (Å²) in [6.07, 6.45) is 2.49. The Kier molecular flexibility index (Phi) is 3.59. The SMILES string of the molecule is CC(N)Cc1c[nH]n2c(=O)c3ccccc3nc12.Cl. The first-order valence-electron chi connectivity index (χ1n) is 5.90. The highest BCUT2D eigenvalue weighted by Gasteiger charge is 2.11. The Balaban J connectivity index is 0.00000133. The van der Waals surface area contributed by atoms with E-state index in [1.807, 2.05) is 25.1 Å².